The summed E-state index contributed by atoms with van der Waals surface area (Å²) in [6, 6.07) is 4.80. The Morgan fingerprint density at radius 1 is 1.22 bits per heavy atom. The van der Waals surface area contributed by atoms with E-state index < -0.39 is 0 Å². The van der Waals surface area contributed by atoms with Crippen molar-refractivity contribution >= 4 is 23.2 Å². The summed E-state index contributed by atoms with van der Waals surface area (Å²) in [5, 5.41) is 11.9. The number of hydrogen-bond donors (Lipinski definition) is 3. The fourth-order valence-corrected chi connectivity index (χ4v) is 1.88. The second kappa shape index (κ2) is 7.95. The van der Waals surface area contributed by atoms with Crippen LogP contribution in [0.15, 0.2) is 18.2 Å². The predicted molar refractivity (Wildman–Crippen MR) is 73.8 cm³/mol. The lowest BCUT2D eigenvalue weighted by Gasteiger charge is -2.06. The van der Waals surface area contributed by atoms with Crippen LogP contribution in [0.2, 0.25) is 5.02 Å². The molecule has 5 heteroatoms. The molecule has 0 aliphatic rings. The minimum atomic E-state index is -0.161. The van der Waals surface area contributed by atoms with Crippen LogP contribution in [0.3, 0.4) is 0 Å². The molecule has 0 aliphatic carbocycles. The van der Waals surface area contributed by atoms with Crippen LogP contribution in [0, 0.1) is 0 Å². The summed E-state index contributed by atoms with van der Waals surface area (Å²) in [5.41, 5.74) is 6.58. The van der Waals surface area contributed by atoms with Gasteiger partial charge in [0.05, 0.1) is 0 Å². The molecule has 1 amide bonds. The average molecular weight is 271 g/mol. The fraction of sp³-hybridized carbons (Fsp3) is 0.462. The Kier molecular flexibility index (Phi) is 6.54. The molecule has 1 aromatic carbocycles. The van der Waals surface area contributed by atoms with Crippen LogP contribution in [0.5, 0.6) is 0 Å². The molecule has 4 nitrogen and oxygen atoms in total. The number of anilines is 1. The van der Waals surface area contributed by atoms with Crippen LogP contribution < -0.4 is 11.1 Å². The second-order valence-electron chi connectivity index (χ2n) is 4.17. The van der Waals surface area contributed by atoms with E-state index in [0.717, 1.165) is 25.7 Å². The van der Waals surface area contributed by atoms with Crippen molar-refractivity contribution in [1.29, 1.82) is 0 Å². The van der Waals surface area contributed by atoms with Gasteiger partial charge in [0.2, 0.25) is 0 Å². The van der Waals surface area contributed by atoms with Crippen molar-refractivity contribution < 1.29 is 9.90 Å². The zero-order valence-electron chi connectivity index (χ0n) is 10.3. The summed E-state index contributed by atoms with van der Waals surface area (Å²) in [6.45, 7) is 0.852. The number of nitrogen functional groups attached to an aromatic ring is 1. The molecule has 0 saturated heterocycles. The summed E-state index contributed by atoms with van der Waals surface area (Å²) >= 11 is 5.83. The smallest absolute Gasteiger partial charge is 0.251 e. The summed E-state index contributed by atoms with van der Waals surface area (Å²) in [4.78, 5) is 11.8. The molecule has 0 aromatic heterocycles. The van der Waals surface area contributed by atoms with Crippen molar-refractivity contribution in [3.8, 4) is 0 Å². The Morgan fingerprint density at radius 2 is 1.94 bits per heavy atom. The summed E-state index contributed by atoms with van der Waals surface area (Å²) in [7, 11) is 0. The number of nitrogens with one attached hydrogen (secondary N) is 1. The van der Waals surface area contributed by atoms with Crippen molar-refractivity contribution in [2.75, 3.05) is 18.9 Å². The summed E-state index contributed by atoms with van der Waals surface area (Å²) in [6.07, 6.45) is 3.70. The Labute approximate surface area is 112 Å². The third-order valence-electron chi connectivity index (χ3n) is 2.55. The highest BCUT2D eigenvalue weighted by Crippen LogP contribution is 2.16. The van der Waals surface area contributed by atoms with E-state index >= 15 is 0 Å². The van der Waals surface area contributed by atoms with E-state index in [2.05, 4.69) is 5.32 Å². The maximum absolute atomic E-state index is 11.8. The SMILES string of the molecule is Nc1cc(Cl)cc(C(=O)NCCCCCCO)c1. The van der Waals surface area contributed by atoms with Gasteiger partial charge in [0.25, 0.3) is 5.91 Å². The van der Waals surface area contributed by atoms with Gasteiger partial charge in [-0.05, 0) is 31.0 Å². The lowest BCUT2D eigenvalue weighted by atomic mass is 10.1. The van der Waals surface area contributed by atoms with Gasteiger partial charge in [-0.3, -0.25) is 4.79 Å². The number of halogens is 1. The molecule has 0 fully saturated rings. The van der Waals surface area contributed by atoms with Crippen LogP contribution in [0.1, 0.15) is 36.0 Å². The van der Waals surface area contributed by atoms with Crippen molar-refractivity contribution in [3.63, 3.8) is 0 Å². The van der Waals surface area contributed by atoms with Gasteiger partial charge in [0, 0.05) is 29.4 Å². The van der Waals surface area contributed by atoms with E-state index in [1.807, 2.05) is 0 Å². The van der Waals surface area contributed by atoms with E-state index in [4.69, 9.17) is 22.4 Å². The maximum Gasteiger partial charge on any atom is 0.251 e. The molecule has 0 spiro atoms. The second-order valence-corrected chi connectivity index (χ2v) is 4.60. The molecule has 1 aromatic rings. The zero-order chi connectivity index (χ0) is 13.4. The molecule has 0 aliphatic heterocycles. The Bertz CT molecular complexity index is 376. The standard InChI is InChI=1S/C13H19ClN2O2/c14-11-7-10(8-12(15)9-11)13(18)16-5-3-1-2-4-6-17/h7-9,17H,1-6,15H2,(H,16,18). The Hall–Kier alpha value is -1.26. The molecule has 0 bridgehead atoms. The largest absolute Gasteiger partial charge is 0.399 e. The van der Waals surface area contributed by atoms with Gasteiger partial charge in [-0.1, -0.05) is 24.4 Å². The number of hydrogen-bond acceptors (Lipinski definition) is 3. The zero-order valence-corrected chi connectivity index (χ0v) is 11.0. The first-order valence-corrected chi connectivity index (χ1v) is 6.46. The van der Waals surface area contributed by atoms with E-state index in [1.54, 1.807) is 18.2 Å². The maximum atomic E-state index is 11.8. The molecule has 0 unspecified atom stereocenters. The van der Waals surface area contributed by atoms with Gasteiger partial charge in [0.1, 0.15) is 0 Å². The highest BCUT2D eigenvalue weighted by molar-refractivity contribution is 6.31. The first kappa shape index (κ1) is 14.8. The minimum absolute atomic E-state index is 0.161. The molecule has 100 valence electrons. The highest BCUT2D eigenvalue weighted by Gasteiger charge is 2.06. The fourth-order valence-electron chi connectivity index (χ4n) is 1.64. The van der Waals surface area contributed by atoms with E-state index in [1.165, 1.54) is 0 Å². The van der Waals surface area contributed by atoms with Gasteiger partial charge in [-0.15, -0.1) is 0 Å². The van der Waals surface area contributed by atoms with Crippen LogP contribution in [-0.2, 0) is 0 Å². The molecule has 0 saturated carbocycles. The third-order valence-corrected chi connectivity index (χ3v) is 2.77. The average Bonchev–Trinajstić information content (AvgIpc) is 2.32. The van der Waals surface area contributed by atoms with Crippen LogP contribution in [0.4, 0.5) is 5.69 Å². The van der Waals surface area contributed by atoms with E-state index in [0.29, 0.717) is 22.8 Å². The van der Waals surface area contributed by atoms with Crippen molar-refractivity contribution in [2.24, 2.45) is 0 Å². The van der Waals surface area contributed by atoms with Crippen LogP contribution >= 0.6 is 11.6 Å². The topological polar surface area (TPSA) is 75.4 Å². The first-order valence-electron chi connectivity index (χ1n) is 6.08. The number of amides is 1. The number of benzene rings is 1. The molecule has 0 atom stereocenters. The third kappa shape index (κ3) is 5.38. The molecular formula is C13H19ClN2O2. The lowest BCUT2D eigenvalue weighted by Crippen LogP contribution is -2.24. The monoisotopic (exact) mass is 270 g/mol. The number of rotatable bonds is 7. The number of carbonyl (C=O) groups is 1. The molecule has 0 radical (unpaired) electrons. The molecule has 4 N–H and O–H groups in total. The normalized spacial score (nSPS) is 10.3. The highest BCUT2D eigenvalue weighted by atomic mass is 35.5. The number of aliphatic hydroxyl groups is 1. The van der Waals surface area contributed by atoms with Crippen LogP contribution in [0.25, 0.3) is 0 Å². The molecular weight excluding hydrogens is 252 g/mol. The summed E-state index contributed by atoms with van der Waals surface area (Å²) in [5.74, 6) is -0.161. The molecule has 18 heavy (non-hydrogen) atoms. The predicted octanol–water partition coefficient (Wildman–Crippen LogP) is 2.20. The van der Waals surface area contributed by atoms with Gasteiger partial charge in [-0.2, -0.15) is 0 Å². The quantitative estimate of drug-likeness (QED) is 0.525. The lowest BCUT2D eigenvalue weighted by molar-refractivity contribution is 0.0953. The van der Waals surface area contributed by atoms with Crippen molar-refractivity contribution in [2.45, 2.75) is 25.7 Å². The molecule has 0 heterocycles. The van der Waals surface area contributed by atoms with Crippen molar-refractivity contribution in [1.82, 2.24) is 5.32 Å². The number of nitrogens with two attached hydrogens (primary N) is 1. The van der Waals surface area contributed by atoms with Crippen molar-refractivity contribution in [3.05, 3.63) is 28.8 Å². The van der Waals surface area contributed by atoms with E-state index in [9.17, 15) is 4.79 Å². The van der Waals surface area contributed by atoms with Gasteiger partial charge in [-0.25, -0.2) is 0 Å². The van der Waals surface area contributed by atoms with Gasteiger partial charge >= 0.3 is 0 Å². The Balaban J connectivity index is 2.32. The first-order chi connectivity index (χ1) is 8.63. The minimum Gasteiger partial charge on any atom is -0.399 e. The van der Waals surface area contributed by atoms with E-state index in [-0.39, 0.29) is 12.5 Å². The van der Waals surface area contributed by atoms with Crippen LogP contribution in [-0.4, -0.2) is 24.2 Å². The Morgan fingerprint density at radius 3 is 2.61 bits per heavy atom. The molecule has 1 rings (SSSR count). The number of aliphatic hydroxyl groups excluding tert-OH is 1. The summed E-state index contributed by atoms with van der Waals surface area (Å²) < 4.78 is 0. The van der Waals surface area contributed by atoms with Gasteiger partial charge in [0.15, 0.2) is 0 Å². The number of unbranched alkanes of at least 4 members (excludes halogenated alkanes) is 3. The van der Waals surface area contributed by atoms with Gasteiger partial charge < -0.3 is 16.2 Å². The number of carbonyl (C=O) groups excluding carboxylic acids is 1.